The Morgan fingerprint density at radius 3 is 2.56 bits per heavy atom. The quantitative estimate of drug-likeness (QED) is 0.545. The van der Waals surface area contributed by atoms with Crippen LogP contribution in [0.25, 0.3) is 0 Å². The van der Waals surface area contributed by atoms with Gasteiger partial charge in [-0.15, -0.1) is 0 Å². The molecule has 5 nitrogen and oxygen atoms in total. The molecule has 0 bridgehead atoms. The second kappa shape index (κ2) is 6.64. The third kappa shape index (κ3) is 4.09. The molecule has 1 unspecified atom stereocenters. The van der Waals surface area contributed by atoms with Crippen molar-refractivity contribution in [1.82, 2.24) is 0 Å². The summed E-state index contributed by atoms with van der Waals surface area (Å²) in [4.78, 5) is 11.4. The van der Waals surface area contributed by atoms with Crippen LogP contribution >= 0.6 is 18.2 Å². The summed E-state index contributed by atoms with van der Waals surface area (Å²) in [6.07, 6.45) is 1.45. The van der Waals surface area contributed by atoms with Gasteiger partial charge in [0.1, 0.15) is 5.25 Å². The molecule has 0 spiro atoms. The average molecular weight is 268 g/mol. The molecule has 1 aliphatic rings. The minimum absolute atomic E-state index is 0.298. The van der Waals surface area contributed by atoms with E-state index in [-0.39, 0.29) is 5.97 Å². The van der Waals surface area contributed by atoms with E-state index in [1.807, 2.05) is 0 Å². The molecule has 0 aromatic rings. The first-order chi connectivity index (χ1) is 7.61. The first-order valence-corrected chi connectivity index (χ1v) is 8.38. The SMILES string of the molecule is CCOP(=O)(OCC)SC1CCCOC1=O. The van der Waals surface area contributed by atoms with Crippen LogP contribution in [-0.4, -0.2) is 31.0 Å². The second-order valence-electron chi connectivity index (χ2n) is 3.19. The van der Waals surface area contributed by atoms with Gasteiger partial charge in [-0.2, -0.15) is 0 Å². The monoisotopic (exact) mass is 268 g/mol. The van der Waals surface area contributed by atoms with E-state index >= 15 is 0 Å². The lowest BCUT2D eigenvalue weighted by atomic mass is 10.2. The van der Waals surface area contributed by atoms with Crippen molar-refractivity contribution in [1.29, 1.82) is 0 Å². The zero-order valence-corrected chi connectivity index (χ0v) is 11.2. The van der Waals surface area contributed by atoms with E-state index in [1.54, 1.807) is 13.8 Å². The molecule has 1 heterocycles. The van der Waals surface area contributed by atoms with Gasteiger partial charge in [0.05, 0.1) is 19.8 Å². The zero-order valence-electron chi connectivity index (χ0n) is 9.51. The molecule has 1 atom stereocenters. The van der Waals surface area contributed by atoms with Crippen LogP contribution in [0.1, 0.15) is 26.7 Å². The zero-order chi connectivity index (χ0) is 12.0. The van der Waals surface area contributed by atoms with Gasteiger partial charge in [0, 0.05) is 0 Å². The van der Waals surface area contributed by atoms with Crippen LogP contribution in [0.5, 0.6) is 0 Å². The fraction of sp³-hybridized carbons (Fsp3) is 0.889. The van der Waals surface area contributed by atoms with Crippen molar-refractivity contribution < 1.29 is 23.1 Å². The van der Waals surface area contributed by atoms with Gasteiger partial charge in [-0.3, -0.25) is 4.79 Å². The van der Waals surface area contributed by atoms with Gasteiger partial charge in [-0.05, 0) is 38.1 Å². The lowest BCUT2D eigenvalue weighted by Gasteiger charge is -2.24. The molecule has 1 fully saturated rings. The molecule has 0 aromatic heterocycles. The van der Waals surface area contributed by atoms with Crippen LogP contribution in [0.2, 0.25) is 0 Å². The summed E-state index contributed by atoms with van der Waals surface area (Å²) >= 11 is 0.962. The molecule has 0 aromatic carbocycles. The Kier molecular flexibility index (Phi) is 5.83. The molecular formula is C9H17O5PS. The highest BCUT2D eigenvalue weighted by atomic mass is 32.7. The summed E-state index contributed by atoms with van der Waals surface area (Å²) in [5, 5.41) is -0.433. The molecule has 1 aliphatic heterocycles. The lowest BCUT2D eigenvalue weighted by molar-refractivity contribution is -0.145. The summed E-state index contributed by atoms with van der Waals surface area (Å²) < 4.78 is 27.3. The molecule has 94 valence electrons. The van der Waals surface area contributed by atoms with Gasteiger partial charge >= 0.3 is 12.8 Å². The fourth-order valence-electron chi connectivity index (χ4n) is 1.32. The van der Waals surface area contributed by atoms with Crippen molar-refractivity contribution >= 4 is 24.1 Å². The number of cyclic esters (lactones) is 1. The standard InChI is InChI=1S/C9H17O5PS/c1-3-13-15(11,14-4-2)16-8-6-5-7-12-9(8)10/h8H,3-7H2,1-2H3. The maximum Gasteiger partial charge on any atom is 0.389 e. The normalized spacial score (nSPS) is 21.9. The molecule has 0 aliphatic carbocycles. The van der Waals surface area contributed by atoms with Crippen LogP contribution in [0.4, 0.5) is 0 Å². The third-order valence-corrected chi connectivity index (χ3v) is 6.21. The van der Waals surface area contributed by atoms with Crippen LogP contribution in [-0.2, 0) is 23.1 Å². The maximum atomic E-state index is 12.1. The van der Waals surface area contributed by atoms with E-state index < -0.39 is 12.0 Å². The number of carbonyl (C=O) groups excluding carboxylic acids is 1. The number of hydrogen-bond acceptors (Lipinski definition) is 6. The average Bonchev–Trinajstić information content (AvgIpc) is 2.22. The highest BCUT2D eigenvalue weighted by Crippen LogP contribution is 2.63. The molecule has 7 heteroatoms. The summed E-state index contributed by atoms with van der Waals surface area (Å²) in [5.74, 6) is -0.323. The van der Waals surface area contributed by atoms with E-state index in [2.05, 4.69) is 0 Å². The summed E-state index contributed by atoms with van der Waals surface area (Å²) in [6, 6.07) is 0. The third-order valence-electron chi connectivity index (χ3n) is 1.95. The van der Waals surface area contributed by atoms with E-state index in [9.17, 15) is 9.36 Å². The van der Waals surface area contributed by atoms with E-state index in [1.165, 1.54) is 0 Å². The van der Waals surface area contributed by atoms with Crippen molar-refractivity contribution in [2.45, 2.75) is 31.9 Å². The molecule has 0 amide bonds. The Bertz CT molecular complexity index is 273. The van der Waals surface area contributed by atoms with Gasteiger partial charge in [0.25, 0.3) is 0 Å². The predicted octanol–water partition coefficient (Wildman–Crippen LogP) is 2.61. The van der Waals surface area contributed by atoms with E-state index in [0.29, 0.717) is 26.2 Å². The lowest BCUT2D eigenvalue weighted by Crippen LogP contribution is -2.26. The first kappa shape index (κ1) is 14.0. The minimum Gasteiger partial charge on any atom is -0.465 e. The number of ether oxygens (including phenoxy) is 1. The topological polar surface area (TPSA) is 61.8 Å². The molecule has 1 rings (SSSR count). The van der Waals surface area contributed by atoms with Crippen LogP contribution < -0.4 is 0 Å². The summed E-state index contributed by atoms with van der Waals surface area (Å²) in [5.41, 5.74) is 0. The fourth-order valence-corrected chi connectivity index (χ4v) is 5.39. The van der Waals surface area contributed by atoms with Crippen molar-refractivity contribution in [2.24, 2.45) is 0 Å². The van der Waals surface area contributed by atoms with Crippen molar-refractivity contribution in [3.63, 3.8) is 0 Å². The van der Waals surface area contributed by atoms with Crippen molar-refractivity contribution in [3.8, 4) is 0 Å². The molecule has 16 heavy (non-hydrogen) atoms. The molecule has 0 radical (unpaired) electrons. The smallest absolute Gasteiger partial charge is 0.389 e. The molecular weight excluding hydrogens is 251 g/mol. The summed E-state index contributed by atoms with van der Waals surface area (Å²) in [7, 11) is 0. The maximum absolute atomic E-state index is 12.1. The highest BCUT2D eigenvalue weighted by Gasteiger charge is 2.35. The summed E-state index contributed by atoms with van der Waals surface area (Å²) in [6.45, 7) is 1.32. The second-order valence-corrected chi connectivity index (χ2v) is 7.35. The Labute approximate surface area is 99.5 Å². The predicted molar refractivity (Wildman–Crippen MR) is 62.4 cm³/mol. The van der Waals surface area contributed by atoms with Crippen LogP contribution in [0.3, 0.4) is 0 Å². The number of rotatable bonds is 6. The van der Waals surface area contributed by atoms with Crippen LogP contribution in [0.15, 0.2) is 0 Å². The number of hydrogen-bond donors (Lipinski definition) is 0. The Morgan fingerprint density at radius 1 is 1.44 bits per heavy atom. The number of carbonyl (C=O) groups is 1. The van der Waals surface area contributed by atoms with Crippen molar-refractivity contribution in [3.05, 3.63) is 0 Å². The van der Waals surface area contributed by atoms with Gasteiger partial charge in [-0.25, -0.2) is 4.57 Å². The van der Waals surface area contributed by atoms with Gasteiger partial charge in [0.2, 0.25) is 0 Å². The largest absolute Gasteiger partial charge is 0.465 e. The van der Waals surface area contributed by atoms with Crippen molar-refractivity contribution in [2.75, 3.05) is 19.8 Å². The molecule has 1 saturated heterocycles. The minimum atomic E-state index is -3.21. The van der Waals surface area contributed by atoms with Gasteiger partial charge in [-0.1, -0.05) is 0 Å². The van der Waals surface area contributed by atoms with Crippen LogP contribution in [0, 0.1) is 0 Å². The van der Waals surface area contributed by atoms with Gasteiger partial charge < -0.3 is 13.8 Å². The number of esters is 1. The van der Waals surface area contributed by atoms with Gasteiger partial charge in [0.15, 0.2) is 0 Å². The Morgan fingerprint density at radius 2 is 2.06 bits per heavy atom. The van der Waals surface area contributed by atoms with E-state index in [0.717, 1.165) is 17.8 Å². The first-order valence-electron chi connectivity index (χ1n) is 5.35. The Hall–Kier alpha value is -0.0300. The molecule has 0 N–H and O–H groups in total. The highest BCUT2D eigenvalue weighted by molar-refractivity contribution is 8.55. The molecule has 0 saturated carbocycles. The van der Waals surface area contributed by atoms with E-state index in [4.69, 9.17) is 13.8 Å². The Balaban J connectivity index is 2.59.